The van der Waals surface area contributed by atoms with Crippen LogP contribution in [0.3, 0.4) is 0 Å². The number of hydrogen-bond acceptors (Lipinski definition) is 2. The van der Waals surface area contributed by atoms with Crippen molar-refractivity contribution < 1.29 is 22.3 Å². The minimum atomic E-state index is -4.54. The van der Waals surface area contributed by atoms with Crippen molar-refractivity contribution in [1.29, 1.82) is 0 Å². The molecule has 0 bridgehead atoms. The van der Waals surface area contributed by atoms with E-state index in [4.69, 9.17) is 10.5 Å². The van der Waals surface area contributed by atoms with Gasteiger partial charge in [-0.1, -0.05) is 0 Å². The first kappa shape index (κ1) is 16.9. The average Bonchev–Trinajstić information content (AvgIpc) is 2.34. The highest BCUT2D eigenvalue weighted by molar-refractivity contribution is 5.32. The summed E-state index contributed by atoms with van der Waals surface area (Å²) in [6.45, 7) is 3.63. The molecule has 0 spiro atoms. The Kier molecular flexibility index (Phi) is 5.15. The van der Waals surface area contributed by atoms with Gasteiger partial charge in [0.15, 0.2) is 0 Å². The molecule has 1 unspecified atom stereocenters. The van der Waals surface area contributed by atoms with Gasteiger partial charge in [-0.3, -0.25) is 0 Å². The zero-order chi connectivity index (χ0) is 15.6. The minimum Gasteiger partial charge on any atom is -0.379 e. The first-order chi connectivity index (χ1) is 9.07. The van der Waals surface area contributed by atoms with Crippen molar-refractivity contribution in [2.75, 3.05) is 7.11 Å². The van der Waals surface area contributed by atoms with Gasteiger partial charge in [0.25, 0.3) is 0 Å². The lowest BCUT2D eigenvalue weighted by Crippen LogP contribution is -2.25. The number of benzene rings is 1. The number of hydrogen-bond donors (Lipinski definition) is 1. The third-order valence-electron chi connectivity index (χ3n) is 3.33. The SMILES string of the molecule is COC(C)(C)CCC(N)c1cc(F)ccc1C(F)(F)F. The van der Waals surface area contributed by atoms with E-state index >= 15 is 0 Å². The molecule has 0 saturated carbocycles. The number of alkyl halides is 3. The van der Waals surface area contributed by atoms with Gasteiger partial charge in [0, 0.05) is 13.2 Å². The zero-order valence-corrected chi connectivity index (χ0v) is 11.7. The van der Waals surface area contributed by atoms with Crippen LogP contribution in [0.1, 0.15) is 43.9 Å². The van der Waals surface area contributed by atoms with Gasteiger partial charge < -0.3 is 10.5 Å². The number of methoxy groups -OCH3 is 1. The molecule has 0 radical (unpaired) electrons. The van der Waals surface area contributed by atoms with Crippen LogP contribution in [0.25, 0.3) is 0 Å². The fourth-order valence-corrected chi connectivity index (χ4v) is 1.86. The molecule has 1 aromatic carbocycles. The van der Waals surface area contributed by atoms with E-state index in [1.165, 1.54) is 7.11 Å². The minimum absolute atomic E-state index is 0.218. The maximum Gasteiger partial charge on any atom is 0.416 e. The Bertz CT molecular complexity index is 457. The largest absolute Gasteiger partial charge is 0.416 e. The monoisotopic (exact) mass is 293 g/mol. The van der Waals surface area contributed by atoms with Gasteiger partial charge in [0.05, 0.1) is 11.2 Å². The lowest BCUT2D eigenvalue weighted by molar-refractivity contribution is -0.138. The Labute approximate surface area is 115 Å². The molecular weight excluding hydrogens is 274 g/mol. The second-order valence-corrected chi connectivity index (χ2v) is 5.34. The van der Waals surface area contributed by atoms with Crippen molar-refractivity contribution in [2.45, 2.75) is 44.5 Å². The summed E-state index contributed by atoms with van der Waals surface area (Å²) >= 11 is 0. The fourth-order valence-electron chi connectivity index (χ4n) is 1.86. The Morgan fingerprint density at radius 3 is 2.35 bits per heavy atom. The van der Waals surface area contributed by atoms with E-state index in [-0.39, 0.29) is 12.0 Å². The van der Waals surface area contributed by atoms with E-state index < -0.39 is 29.2 Å². The highest BCUT2D eigenvalue weighted by atomic mass is 19.4. The van der Waals surface area contributed by atoms with E-state index in [0.29, 0.717) is 6.42 Å². The van der Waals surface area contributed by atoms with Gasteiger partial charge >= 0.3 is 6.18 Å². The zero-order valence-electron chi connectivity index (χ0n) is 11.7. The Balaban J connectivity index is 2.97. The summed E-state index contributed by atoms with van der Waals surface area (Å²) in [5, 5.41) is 0. The number of nitrogens with two attached hydrogens (primary N) is 1. The van der Waals surface area contributed by atoms with E-state index in [2.05, 4.69) is 0 Å². The van der Waals surface area contributed by atoms with Gasteiger partial charge in [0.2, 0.25) is 0 Å². The van der Waals surface area contributed by atoms with E-state index in [1.54, 1.807) is 0 Å². The smallest absolute Gasteiger partial charge is 0.379 e. The molecule has 2 N–H and O–H groups in total. The predicted molar refractivity (Wildman–Crippen MR) is 68.7 cm³/mol. The molecule has 0 aromatic heterocycles. The lowest BCUT2D eigenvalue weighted by atomic mass is 9.92. The standard InChI is InChI=1S/C14H19F4NO/c1-13(2,20-3)7-6-12(19)10-8-9(15)4-5-11(10)14(16,17)18/h4-5,8,12H,6-7,19H2,1-3H3. The van der Waals surface area contributed by atoms with Crippen molar-refractivity contribution >= 4 is 0 Å². The fraction of sp³-hybridized carbons (Fsp3) is 0.571. The summed E-state index contributed by atoms with van der Waals surface area (Å²) < 4.78 is 57.0. The summed E-state index contributed by atoms with van der Waals surface area (Å²) in [7, 11) is 1.52. The summed E-state index contributed by atoms with van der Waals surface area (Å²) in [4.78, 5) is 0. The highest BCUT2D eigenvalue weighted by Crippen LogP contribution is 2.36. The first-order valence-corrected chi connectivity index (χ1v) is 6.24. The van der Waals surface area contributed by atoms with Gasteiger partial charge in [-0.2, -0.15) is 13.2 Å². The van der Waals surface area contributed by atoms with Crippen molar-refractivity contribution in [1.82, 2.24) is 0 Å². The Morgan fingerprint density at radius 1 is 1.25 bits per heavy atom. The molecule has 0 amide bonds. The number of halogens is 4. The second-order valence-electron chi connectivity index (χ2n) is 5.34. The van der Waals surface area contributed by atoms with E-state index in [0.717, 1.165) is 18.2 Å². The molecular formula is C14H19F4NO. The van der Waals surface area contributed by atoms with Crippen molar-refractivity contribution in [2.24, 2.45) is 5.73 Å². The van der Waals surface area contributed by atoms with Crippen molar-refractivity contribution in [3.63, 3.8) is 0 Å². The number of ether oxygens (including phenoxy) is 1. The maximum absolute atomic E-state index is 13.2. The van der Waals surface area contributed by atoms with Crippen LogP contribution in [0, 0.1) is 5.82 Å². The van der Waals surface area contributed by atoms with Crippen molar-refractivity contribution in [3.05, 3.63) is 35.1 Å². The van der Waals surface area contributed by atoms with Crippen LogP contribution in [0.15, 0.2) is 18.2 Å². The van der Waals surface area contributed by atoms with Gasteiger partial charge in [0.1, 0.15) is 5.82 Å². The summed E-state index contributed by atoms with van der Waals surface area (Å²) in [5.41, 5.74) is 4.21. The number of rotatable bonds is 5. The Hall–Kier alpha value is -1.14. The van der Waals surface area contributed by atoms with Crippen LogP contribution in [0.2, 0.25) is 0 Å². The third-order valence-corrected chi connectivity index (χ3v) is 3.33. The lowest BCUT2D eigenvalue weighted by Gasteiger charge is -2.25. The molecule has 114 valence electrons. The molecule has 0 aliphatic carbocycles. The maximum atomic E-state index is 13.2. The molecule has 0 aliphatic heterocycles. The molecule has 0 fully saturated rings. The van der Waals surface area contributed by atoms with Crippen LogP contribution in [0.5, 0.6) is 0 Å². The van der Waals surface area contributed by atoms with E-state index in [9.17, 15) is 17.6 Å². The predicted octanol–water partition coefficient (Wildman–Crippen LogP) is 4.05. The summed E-state index contributed by atoms with van der Waals surface area (Å²) in [5.74, 6) is -0.727. The molecule has 1 aromatic rings. The van der Waals surface area contributed by atoms with Gasteiger partial charge in [-0.05, 0) is 50.5 Å². The molecule has 1 atom stereocenters. The first-order valence-electron chi connectivity index (χ1n) is 6.24. The van der Waals surface area contributed by atoms with Crippen LogP contribution < -0.4 is 5.73 Å². The normalized spacial score (nSPS) is 14.4. The highest BCUT2D eigenvalue weighted by Gasteiger charge is 2.35. The molecule has 1 rings (SSSR count). The molecule has 0 saturated heterocycles. The second kappa shape index (κ2) is 6.10. The van der Waals surface area contributed by atoms with Crippen LogP contribution in [-0.4, -0.2) is 12.7 Å². The average molecular weight is 293 g/mol. The van der Waals surface area contributed by atoms with Crippen LogP contribution in [-0.2, 0) is 10.9 Å². The van der Waals surface area contributed by atoms with Gasteiger partial charge in [-0.25, -0.2) is 4.39 Å². The molecule has 0 aliphatic rings. The molecule has 2 nitrogen and oxygen atoms in total. The van der Waals surface area contributed by atoms with E-state index in [1.807, 2.05) is 13.8 Å². The Morgan fingerprint density at radius 2 is 1.85 bits per heavy atom. The summed E-state index contributed by atoms with van der Waals surface area (Å²) in [6.07, 6.45) is -3.80. The molecule has 6 heteroatoms. The quantitative estimate of drug-likeness (QED) is 0.831. The summed E-state index contributed by atoms with van der Waals surface area (Å²) in [6, 6.07) is 1.48. The van der Waals surface area contributed by atoms with Crippen molar-refractivity contribution in [3.8, 4) is 0 Å². The third kappa shape index (κ3) is 4.45. The van der Waals surface area contributed by atoms with Crippen LogP contribution in [0.4, 0.5) is 17.6 Å². The van der Waals surface area contributed by atoms with Gasteiger partial charge in [-0.15, -0.1) is 0 Å². The topological polar surface area (TPSA) is 35.2 Å². The molecule has 20 heavy (non-hydrogen) atoms. The van der Waals surface area contributed by atoms with Crippen LogP contribution >= 0.6 is 0 Å². The molecule has 0 heterocycles.